The van der Waals surface area contributed by atoms with E-state index in [-0.39, 0.29) is 24.7 Å². The minimum atomic E-state index is -0.936. The molecule has 7 heteroatoms. The van der Waals surface area contributed by atoms with Gasteiger partial charge in [0, 0.05) is 13.0 Å². The van der Waals surface area contributed by atoms with E-state index >= 15 is 0 Å². The molecular formula is C19H22N2O5. The first-order valence-electron chi connectivity index (χ1n) is 8.41. The number of nitrogens with one attached hydrogen (secondary N) is 2. The van der Waals surface area contributed by atoms with Crippen LogP contribution in [0.2, 0.25) is 0 Å². The summed E-state index contributed by atoms with van der Waals surface area (Å²) < 4.78 is 10.1. The van der Waals surface area contributed by atoms with Gasteiger partial charge >= 0.3 is 5.97 Å². The van der Waals surface area contributed by atoms with Crippen molar-refractivity contribution in [2.45, 2.75) is 25.8 Å². The average Bonchev–Trinajstić information content (AvgIpc) is 3.19. The number of esters is 1. The molecule has 7 nitrogen and oxygen atoms in total. The SMILES string of the molecule is CCCNC(=O)COC(=O)[C@H](Cc1ccccc1)NC(=O)c1ccco1. The van der Waals surface area contributed by atoms with Gasteiger partial charge in [-0.15, -0.1) is 0 Å². The van der Waals surface area contributed by atoms with Gasteiger partial charge in [-0.25, -0.2) is 4.79 Å². The molecule has 2 aromatic rings. The van der Waals surface area contributed by atoms with Crippen LogP contribution in [-0.2, 0) is 20.7 Å². The van der Waals surface area contributed by atoms with E-state index in [2.05, 4.69) is 10.6 Å². The number of amides is 2. The molecule has 0 unspecified atom stereocenters. The van der Waals surface area contributed by atoms with Crippen molar-refractivity contribution in [3.8, 4) is 0 Å². The quantitative estimate of drug-likeness (QED) is 0.665. The van der Waals surface area contributed by atoms with Crippen molar-refractivity contribution in [2.24, 2.45) is 0 Å². The van der Waals surface area contributed by atoms with Gasteiger partial charge in [0.1, 0.15) is 6.04 Å². The van der Waals surface area contributed by atoms with Crippen LogP contribution in [0.1, 0.15) is 29.5 Å². The Labute approximate surface area is 151 Å². The number of carbonyl (C=O) groups excluding carboxylic acids is 3. The topological polar surface area (TPSA) is 97.6 Å². The second kappa shape index (κ2) is 10.0. The molecule has 2 rings (SSSR count). The molecule has 0 aliphatic rings. The molecule has 0 fully saturated rings. The van der Waals surface area contributed by atoms with Crippen molar-refractivity contribution in [3.05, 3.63) is 60.1 Å². The smallest absolute Gasteiger partial charge is 0.329 e. The molecular weight excluding hydrogens is 336 g/mol. The Morgan fingerprint density at radius 2 is 1.88 bits per heavy atom. The lowest BCUT2D eigenvalue weighted by Crippen LogP contribution is -2.44. The monoisotopic (exact) mass is 358 g/mol. The molecule has 0 saturated heterocycles. The van der Waals surface area contributed by atoms with Crippen molar-refractivity contribution < 1.29 is 23.5 Å². The van der Waals surface area contributed by atoms with Crippen LogP contribution in [0.4, 0.5) is 0 Å². The number of ether oxygens (including phenoxy) is 1. The first-order valence-corrected chi connectivity index (χ1v) is 8.41. The zero-order chi connectivity index (χ0) is 18.8. The lowest BCUT2D eigenvalue weighted by molar-refractivity contribution is -0.150. The highest BCUT2D eigenvalue weighted by molar-refractivity contribution is 5.94. The van der Waals surface area contributed by atoms with E-state index < -0.39 is 17.9 Å². The second-order valence-electron chi connectivity index (χ2n) is 5.65. The molecule has 0 radical (unpaired) electrons. The van der Waals surface area contributed by atoms with Gasteiger partial charge in [0.15, 0.2) is 12.4 Å². The Morgan fingerprint density at radius 3 is 2.54 bits per heavy atom. The maximum Gasteiger partial charge on any atom is 0.329 e. The van der Waals surface area contributed by atoms with Gasteiger partial charge in [0.2, 0.25) is 0 Å². The van der Waals surface area contributed by atoms with E-state index in [1.54, 1.807) is 6.07 Å². The van der Waals surface area contributed by atoms with Crippen LogP contribution in [0.25, 0.3) is 0 Å². The Hall–Kier alpha value is -3.09. The van der Waals surface area contributed by atoms with Crippen molar-refractivity contribution in [3.63, 3.8) is 0 Å². The van der Waals surface area contributed by atoms with Crippen LogP contribution < -0.4 is 10.6 Å². The van der Waals surface area contributed by atoms with Crippen LogP contribution in [0, 0.1) is 0 Å². The molecule has 26 heavy (non-hydrogen) atoms. The van der Waals surface area contributed by atoms with E-state index in [0.717, 1.165) is 12.0 Å². The third-order valence-corrected chi connectivity index (χ3v) is 3.54. The molecule has 1 heterocycles. The lowest BCUT2D eigenvalue weighted by Gasteiger charge is -2.17. The minimum Gasteiger partial charge on any atom is -0.459 e. The molecule has 0 aliphatic carbocycles. The fourth-order valence-corrected chi connectivity index (χ4v) is 2.23. The van der Waals surface area contributed by atoms with Gasteiger partial charge < -0.3 is 19.8 Å². The Kier molecular flexibility index (Phi) is 7.42. The van der Waals surface area contributed by atoms with Crippen LogP contribution in [0.15, 0.2) is 53.1 Å². The summed E-state index contributed by atoms with van der Waals surface area (Å²) in [6.07, 6.45) is 2.40. The number of carbonyl (C=O) groups is 3. The molecule has 0 bridgehead atoms. The summed E-state index contributed by atoms with van der Waals surface area (Å²) in [6.45, 7) is 2.05. The van der Waals surface area contributed by atoms with Gasteiger partial charge in [-0.1, -0.05) is 37.3 Å². The Balaban J connectivity index is 2.00. The van der Waals surface area contributed by atoms with Crippen molar-refractivity contribution >= 4 is 17.8 Å². The highest BCUT2D eigenvalue weighted by Gasteiger charge is 2.25. The van der Waals surface area contributed by atoms with Gasteiger partial charge in [0.05, 0.1) is 6.26 Å². The summed E-state index contributed by atoms with van der Waals surface area (Å²) >= 11 is 0. The summed E-state index contributed by atoms with van der Waals surface area (Å²) in [5.74, 6) is -1.49. The number of rotatable bonds is 9. The third kappa shape index (κ3) is 6.08. The average molecular weight is 358 g/mol. The molecule has 0 aliphatic heterocycles. The predicted molar refractivity (Wildman–Crippen MR) is 94.4 cm³/mol. The zero-order valence-electron chi connectivity index (χ0n) is 14.6. The molecule has 1 aromatic carbocycles. The molecule has 1 atom stereocenters. The molecule has 0 spiro atoms. The van der Waals surface area contributed by atoms with Gasteiger partial charge in [0.25, 0.3) is 11.8 Å². The van der Waals surface area contributed by atoms with Crippen molar-refractivity contribution in [1.29, 1.82) is 0 Å². The molecule has 2 amide bonds. The minimum absolute atomic E-state index is 0.0940. The lowest BCUT2D eigenvalue weighted by atomic mass is 10.1. The van der Waals surface area contributed by atoms with E-state index in [4.69, 9.17) is 9.15 Å². The van der Waals surface area contributed by atoms with Gasteiger partial charge in [-0.05, 0) is 24.1 Å². The molecule has 0 saturated carbocycles. The van der Waals surface area contributed by atoms with Crippen LogP contribution in [-0.4, -0.2) is 37.0 Å². The fraction of sp³-hybridized carbons (Fsp3) is 0.316. The summed E-state index contributed by atoms with van der Waals surface area (Å²) in [7, 11) is 0. The van der Waals surface area contributed by atoms with Crippen LogP contribution in [0.3, 0.4) is 0 Å². The molecule has 138 valence electrons. The molecule has 1 aromatic heterocycles. The number of benzene rings is 1. The van der Waals surface area contributed by atoms with E-state index in [1.807, 2.05) is 37.3 Å². The maximum absolute atomic E-state index is 12.4. The van der Waals surface area contributed by atoms with E-state index in [1.165, 1.54) is 12.3 Å². The zero-order valence-corrected chi connectivity index (χ0v) is 14.6. The summed E-state index contributed by atoms with van der Waals surface area (Å²) in [5.41, 5.74) is 0.852. The van der Waals surface area contributed by atoms with Gasteiger partial charge in [-0.3, -0.25) is 9.59 Å². The highest BCUT2D eigenvalue weighted by atomic mass is 16.5. The largest absolute Gasteiger partial charge is 0.459 e. The Bertz CT molecular complexity index is 713. The van der Waals surface area contributed by atoms with E-state index in [9.17, 15) is 14.4 Å². The number of furan rings is 1. The number of hydrogen-bond donors (Lipinski definition) is 2. The van der Waals surface area contributed by atoms with Crippen molar-refractivity contribution in [2.75, 3.05) is 13.2 Å². The summed E-state index contributed by atoms with van der Waals surface area (Å²) in [4.78, 5) is 36.2. The molecule has 2 N–H and O–H groups in total. The predicted octanol–water partition coefficient (Wildman–Crippen LogP) is 1.69. The summed E-state index contributed by atoms with van der Waals surface area (Å²) in [6, 6.07) is 11.4. The van der Waals surface area contributed by atoms with E-state index in [0.29, 0.717) is 6.54 Å². The standard InChI is InChI=1S/C19H22N2O5/c1-2-10-20-17(22)13-26-19(24)15(12-14-7-4-3-5-8-14)21-18(23)16-9-6-11-25-16/h3-9,11,15H,2,10,12-13H2,1H3,(H,20,22)(H,21,23)/t15-/m0/s1. The van der Waals surface area contributed by atoms with Crippen LogP contribution in [0.5, 0.6) is 0 Å². The third-order valence-electron chi connectivity index (χ3n) is 3.54. The van der Waals surface area contributed by atoms with Crippen LogP contribution >= 0.6 is 0 Å². The fourth-order valence-electron chi connectivity index (χ4n) is 2.23. The second-order valence-corrected chi connectivity index (χ2v) is 5.65. The first-order chi connectivity index (χ1) is 12.6. The highest BCUT2D eigenvalue weighted by Crippen LogP contribution is 2.07. The summed E-state index contributed by atoms with van der Waals surface area (Å²) in [5, 5.41) is 5.22. The normalized spacial score (nSPS) is 11.4. The van der Waals surface area contributed by atoms with Crippen molar-refractivity contribution in [1.82, 2.24) is 10.6 Å². The first kappa shape index (κ1) is 19.2. The number of hydrogen-bond acceptors (Lipinski definition) is 5. The maximum atomic E-state index is 12.4. The van der Waals surface area contributed by atoms with Gasteiger partial charge in [-0.2, -0.15) is 0 Å². The Morgan fingerprint density at radius 1 is 1.12 bits per heavy atom.